The number of amides is 1. The quantitative estimate of drug-likeness (QED) is 0.562. The van der Waals surface area contributed by atoms with Crippen molar-refractivity contribution in [2.75, 3.05) is 6.54 Å². The molecule has 0 atom stereocenters. The van der Waals surface area contributed by atoms with Crippen LogP contribution in [0.15, 0.2) is 24.3 Å². The number of carbonyl (C=O) groups excluding carboxylic acids is 1. The monoisotopic (exact) mass is 194 g/mol. The van der Waals surface area contributed by atoms with E-state index >= 15 is 0 Å². The van der Waals surface area contributed by atoms with Crippen molar-refractivity contribution in [3.8, 4) is 0 Å². The summed E-state index contributed by atoms with van der Waals surface area (Å²) < 4.78 is 0. The van der Waals surface area contributed by atoms with Gasteiger partial charge in [-0.25, -0.2) is 0 Å². The van der Waals surface area contributed by atoms with Gasteiger partial charge in [0.25, 0.3) is 0 Å². The second kappa shape index (κ2) is 4.36. The summed E-state index contributed by atoms with van der Waals surface area (Å²) in [6.45, 7) is -0.190. The molecule has 0 radical (unpaired) electrons. The summed E-state index contributed by atoms with van der Waals surface area (Å²) >= 11 is 0. The third-order valence-corrected chi connectivity index (χ3v) is 1.85. The van der Waals surface area contributed by atoms with Crippen LogP contribution in [0.3, 0.4) is 0 Å². The predicted molar refractivity (Wildman–Crippen MR) is 50.5 cm³/mol. The Balaban J connectivity index is 2.84. The van der Waals surface area contributed by atoms with Crippen molar-refractivity contribution in [1.82, 2.24) is 0 Å². The topological polar surface area (TPSA) is 86.2 Å². The maximum atomic E-state index is 10.9. The third-order valence-electron chi connectivity index (χ3n) is 1.85. The van der Waals surface area contributed by atoms with E-state index < -0.39 is 10.8 Å². The van der Waals surface area contributed by atoms with E-state index in [1.165, 1.54) is 0 Å². The van der Waals surface area contributed by atoms with E-state index in [4.69, 9.17) is 5.73 Å². The molecule has 5 nitrogen and oxygen atoms in total. The Bertz CT molecular complexity index is 363. The van der Waals surface area contributed by atoms with E-state index in [2.05, 4.69) is 0 Å². The molecule has 14 heavy (non-hydrogen) atoms. The van der Waals surface area contributed by atoms with Crippen LogP contribution in [0, 0.1) is 10.1 Å². The summed E-state index contributed by atoms with van der Waals surface area (Å²) in [7, 11) is 0. The van der Waals surface area contributed by atoms with Crippen molar-refractivity contribution in [1.29, 1.82) is 0 Å². The summed E-state index contributed by atoms with van der Waals surface area (Å²) in [6, 6.07) is 6.64. The van der Waals surface area contributed by atoms with E-state index in [0.29, 0.717) is 11.1 Å². The highest BCUT2D eigenvalue weighted by Crippen LogP contribution is 2.08. The maximum Gasteiger partial charge on any atom is 0.248 e. The highest BCUT2D eigenvalue weighted by atomic mass is 16.6. The molecule has 0 heterocycles. The summed E-state index contributed by atoms with van der Waals surface area (Å²) in [5.74, 6) is -0.552. The molecule has 0 saturated carbocycles. The molecule has 0 aromatic heterocycles. The van der Waals surface area contributed by atoms with Gasteiger partial charge >= 0.3 is 0 Å². The molecule has 74 valence electrons. The van der Waals surface area contributed by atoms with Gasteiger partial charge in [-0.05, 0) is 11.6 Å². The zero-order valence-electron chi connectivity index (χ0n) is 7.47. The number of nitrogens with two attached hydrogens (primary N) is 1. The number of hydrogen-bond donors (Lipinski definition) is 1. The SMILES string of the molecule is NC(=O)c1ccccc1CC[N+](=O)[O-]. The van der Waals surface area contributed by atoms with Crippen LogP contribution in [-0.2, 0) is 6.42 Å². The smallest absolute Gasteiger partial charge is 0.248 e. The second-order valence-corrected chi connectivity index (χ2v) is 2.83. The fourth-order valence-corrected chi connectivity index (χ4v) is 1.19. The van der Waals surface area contributed by atoms with Crippen LogP contribution < -0.4 is 5.73 Å². The summed E-state index contributed by atoms with van der Waals surface area (Å²) in [4.78, 5) is 20.6. The zero-order valence-corrected chi connectivity index (χ0v) is 7.47. The van der Waals surface area contributed by atoms with Crippen LogP contribution in [0.4, 0.5) is 0 Å². The van der Waals surface area contributed by atoms with Crippen molar-refractivity contribution in [2.24, 2.45) is 5.73 Å². The van der Waals surface area contributed by atoms with E-state index in [1.54, 1.807) is 24.3 Å². The van der Waals surface area contributed by atoms with Crippen LogP contribution in [-0.4, -0.2) is 17.4 Å². The molecule has 1 aromatic carbocycles. The Morgan fingerprint density at radius 2 is 2.07 bits per heavy atom. The maximum absolute atomic E-state index is 10.9. The first kappa shape index (κ1) is 10.2. The highest BCUT2D eigenvalue weighted by Gasteiger charge is 2.08. The van der Waals surface area contributed by atoms with Gasteiger partial charge in [-0.15, -0.1) is 0 Å². The molecule has 0 unspecified atom stereocenters. The fourth-order valence-electron chi connectivity index (χ4n) is 1.19. The van der Waals surface area contributed by atoms with Gasteiger partial charge in [-0.3, -0.25) is 14.9 Å². The molecule has 0 bridgehead atoms. The first-order chi connectivity index (χ1) is 6.61. The van der Waals surface area contributed by atoms with Gasteiger partial charge in [-0.2, -0.15) is 0 Å². The van der Waals surface area contributed by atoms with Gasteiger partial charge in [0.15, 0.2) is 0 Å². The molecule has 0 spiro atoms. The summed E-state index contributed by atoms with van der Waals surface area (Å²) in [5, 5.41) is 10.1. The zero-order chi connectivity index (χ0) is 10.6. The average Bonchev–Trinajstić information content (AvgIpc) is 2.15. The van der Waals surface area contributed by atoms with E-state index in [1.807, 2.05) is 0 Å². The molecule has 0 aliphatic heterocycles. The molecule has 2 N–H and O–H groups in total. The standard InChI is InChI=1S/C9H10N2O3/c10-9(12)8-4-2-1-3-7(8)5-6-11(13)14/h1-4H,5-6H2,(H2,10,12). The second-order valence-electron chi connectivity index (χ2n) is 2.83. The van der Waals surface area contributed by atoms with Gasteiger partial charge in [0, 0.05) is 16.9 Å². The predicted octanol–water partition coefficient (Wildman–Crippen LogP) is 0.605. The lowest BCUT2D eigenvalue weighted by atomic mass is 10.0. The largest absolute Gasteiger partial charge is 0.366 e. The molecule has 0 saturated heterocycles. The minimum atomic E-state index is -0.552. The van der Waals surface area contributed by atoms with Crippen molar-refractivity contribution >= 4 is 5.91 Å². The Kier molecular flexibility index (Phi) is 3.17. The number of rotatable bonds is 4. The molecule has 0 aliphatic carbocycles. The van der Waals surface area contributed by atoms with Gasteiger partial charge in [0.2, 0.25) is 12.5 Å². The molecule has 1 amide bonds. The van der Waals surface area contributed by atoms with Crippen LogP contribution in [0.5, 0.6) is 0 Å². The lowest BCUT2D eigenvalue weighted by Gasteiger charge is -2.02. The molecule has 1 rings (SSSR count). The van der Waals surface area contributed by atoms with Gasteiger partial charge in [-0.1, -0.05) is 18.2 Å². The molecular formula is C9H10N2O3. The number of hydrogen-bond acceptors (Lipinski definition) is 3. The lowest BCUT2D eigenvalue weighted by molar-refractivity contribution is -0.479. The number of primary amides is 1. The molecular weight excluding hydrogens is 184 g/mol. The minimum absolute atomic E-state index is 0.190. The lowest BCUT2D eigenvalue weighted by Crippen LogP contribution is -2.15. The Labute approximate surface area is 80.7 Å². The van der Waals surface area contributed by atoms with E-state index in [-0.39, 0.29) is 13.0 Å². The van der Waals surface area contributed by atoms with Gasteiger partial charge in [0.05, 0.1) is 0 Å². The molecule has 0 aliphatic rings. The number of carbonyl (C=O) groups is 1. The Morgan fingerprint density at radius 3 is 2.64 bits per heavy atom. The van der Waals surface area contributed by atoms with E-state index in [0.717, 1.165) is 0 Å². The average molecular weight is 194 g/mol. The Morgan fingerprint density at radius 1 is 1.43 bits per heavy atom. The number of benzene rings is 1. The Hall–Kier alpha value is -1.91. The van der Waals surface area contributed by atoms with Gasteiger partial charge < -0.3 is 5.73 Å². The first-order valence-corrected chi connectivity index (χ1v) is 4.11. The fraction of sp³-hybridized carbons (Fsp3) is 0.222. The van der Waals surface area contributed by atoms with Gasteiger partial charge in [0.1, 0.15) is 0 Å². The molecule has 0 fully saturated rings. The highest BCUT2D eigenvalue weighted by molar-refractivity contribution is 5.94. The van der Waals surface area contributed by atoms with Crippen LogP contribution in [0.2, 0.25) is 0 Å². The number of nitro groups is 1. The molecule has 5 heteroatoms. The van der Waals surface area contributed by atoms with Crippen LogP contribution in [0.1, 0.15) is 15.9 Å². The third kappa shape index (κ3) is 2.55. The normalized spacial score (nSPS) is 9.71. The van der Waals surface area contributed by atoms with E-state index in [9.17, 15) is 14.9 Å². The first-order valence-electron chi connectivity index (χ1n) is 4.11. The van der Waals surface area contributed by atoms with Crippen LogP contribution in [0.25, 0.3) is 0 Å². The van der Waals surface area contributed by atoms with Crippen molar-refractivity contribution in [3.63, 3.8) is 0 Å². The van der Waals surface area contributed by atoms with Crippen LogP contribution >= 0.6 is 0 Å². The van der Waals surface area contributed by atoms with Crippen molar-refractivity contribution < 1.29 is 9.72 Å². The number of nitrogens with zero attached hydrogens (tertiary/aromatic N) is 1. The van der Waals surface area contributed by atoms with Crippen molar-refractivity contribution in [3.05, 3.63) is 45.5 Å². The summed E-state index contributed by atoms with van der Waals surface area (Å²) in [6.07, 6.45) is 0.228. The summed E-state index contributed by atoms with van der Waals surface area (Å²) in [5.41, 5.74) is 6.09. The molecule has 1 aromatic rings. The van der Waals surface area contributed by atoms with Crippen molar-refractivity contribution in [2.45, 2.75) is 6.42 Å². The minimum Gasteiger partial charge on any atom is -0.366 e.